The fraction of sp³-hybridized carbons (Fsp3) is 1.00. The topological polar surface area (TPSA) is 60.7 Å². The molecule has 0 bridgehead atoms. The zero-order chi connectivity index (χ0) is 10.2. The third kappa shape index (κ3) is 4.92. The van der Waals surface area contributed by atoms with Crippen LogP contribution in [0.1, 0.15) is 13.3 Å². The number of aliphatic hydroxyl groups is 3. The molecule has 0 aromatic rings. The Kier molecular flexibility index (Phi) is 7.87. The molecular weight excluding hydrogens is 187 g/mol. The van der Waals surface area contributed by atoms with E-state index in [0.717, 1.165) is 31.1 Å². The molecule has 0 aromatic carbocycles. The molecule has 0 aliphatic carbocycles. The molecule has 0 heterocycles. The number of hydrogen-bond acceptors (Lipinski definition) is 3. The van der Waals surface area contributed by atoms with Crippen LogP contribution in [0, 0.1) is 0 Å². The standard InChI is InChI=1S/C9H23O3P/c1-2-6-13(7-3-10,8-4-11)9-5-12/h10-13H,2-9H2,1H3. The SMILES string of the molecule is CCC[PH](CCO)(CCO)CCO. The van der Waals surface area contributed by atoms with Gasteiger partial charge in [0, 0.05) is 0 Å². The van der Waals surface area contributed by atoms with Crippen LogP contribution in [0.3, 0.4) is 0 Å². The van der Waals surface area contributed by atoms with Crippen molar-refractivity contribution >= 4 is 7.26 Å². The minimum absolute atomic E-state index is 0.201. The zero-order valence-corrected chi connectivity index (χ0v) is 9.50. The second-order valence-corrected chi connectivity index (χ2v) is 8.67. The van der Waals surface area contributed by atoms with Gasteiger partial charge in [-0.1, -0.05) is 0 Å². The fourth-order valence-electron chi connectivity index (χ4n) is 1.99. The molecule has 3 N–H and O–H groups in total. The molecule has 0 radical (unpaired) electrons. The van der Waals surface area contributed by atoms with Gasteiger partial charge in [-0.3, -0.25) is 0 Å². The Morgan fingerprint density at radius 2 is 1.15 bits per heavy atom. The average molecular weight is 210 g/mol. The normalized spacial score (nSPS) is 13.2. The number of rotatable bonds is 8. The summed E-state index contributed by atoms with van der Waals surface area (Å²) in [5.74, 6) is 0. The number of aliphatic hydroxyl groups excluding tert-OH is 3. The molecule has 0 fully saturated rings. The van der Waals surface area contributed by atoms with E-state index >= 15 is 0 Å². The van der Waals surface area contributed by atoms with Gasteiger partial charge in [0.2, 0.25) is 0 Å². The van der Waals surface area contributed by atoms with E-state index in [1.807, 2.05) is 0 Å². The van der Waals surface area contributed by atoms with Crippen molar-refractivity contribution in [3.05, 3.63) is 0 Å². The van der Waals surface area contributed by atoms with Crippen LogP contribution in [0.25, 0.3) is 0 Å². The summed E-state index contributed by atoms with van der Waals surface area (Å²) in [6.07, 6.45) is 4.66. The molecule has 0 amide bonds. The Hall–Kier alpha value is 0.310. The number of hydrogen-bond donors (Lipinski definition) is 3. The van der Waals surface area contributed by atoms with Crippen molar-refractivity contribution in [3.8, 4) is 0 Å². The molecule has 0 unspecified atom stereocenters. The molecule has 0 aliphatic heterocycles. The first-order valence-corrected chi connectivity index (χ1v) is 7.90. The van der Waals surface area contributed by atoms with Crippen molar-refractivity contribution < 1.29 is 15.3 Å². The monoisotopic (exact) mass is 210 g/mol. The molecule has 0 saturated heterocycles. The molecule has 0 rings (SSSR count). The molecule has 0 saturated carbocycles. The van der Waals surface area contributed by atoms with Crippen LogP contribution in [0.15, 0.2) is 0 Å². The van der Waals surface area contributed by atoms with Crippen LogP contribution < -0.4 is 0 Å². The van der Waals surface area contributed by atoms with E-state index in [2.05, 4.69) is 6.92 Å². The quantitative estimate of drug-likeness (QED) is 0.499. The van der Waals surface area contributed by atoms with Crippen LogP contribution in [0.5, 0.6) is 0 Å². The molecule has 0 aliphatic rings. The van der Waals surface area contributed by atoms with Gasteiger partial charge in [-0.25, -0.2) is 0 Å². The Labute approximate surface area is 81.1 Å². The van der Waals surface area contributed by atoms with Gasteiger partial charge in [0.15, 0.2) is 0 Å². The van der Waals surface area contributed by atoms with Gasteiger partial charge < -0.3 is 0 Å². The Morgan fingerprint density at radius 1 is 0.769 bits per heavy atom. The molecule has 0 atom stereocenters. The molecule has 4 heteroatoms. The third-order valence-corrected chi connectivity index (χ3v) is 8.12. The summed E-state index contributed by atoms with van der Waals surface area (Å²) in [7, 11) is -1.55. The molecule has 0 aromatic heterocycles. The van der Waals surface area contributed by atoms with E-state index in [4.69, 9.17) is 15.3 Å². The van der Waals surface area contributed by atoms with Crippen molar-refractivity contribution in [3.63, 3.8) is 0 Å². The first-order valence-electron chi connectivity index (χ1n) is 5.07. The molecular formula is C9H23O3P. The fourth-order valence-corrected chi connectivity index (χ4v) is 5.98. The van der Waals surface area contributed by atoms with Gasteiger partial charge in [0.1, 0.15) is 0 Å². The molecule has 3 nitrogen and oxygen atoms in total. The summed E-state index contributed by atoms with van der Waals surface area (Å²) in [6, 6.07) is 0. The second kappa shape index (κ2) is 7.69. The van der Waals surface area contributed by atoms with Gasteiger partial charge in [-0.15, -0.1) is 0 Å². The van der Waals surface area contributed by atoms with E-state index in [1.165, 1.54) is 0 Å². The van der Waals surface area contributed by atoms with E-state index in [-0.39, 0.29) is 19.8 Å². The van der Waals surface area contributed by atoms with Crippen LogP contribution in [-0.2, 0) is 0 Å². The van der Waals surface area contributed by atoms with E-state index in [1.54, 1.807) is 0 Å². The summed E-state index contributed by atoms with van der Waals surface area (Å²) in [5, 5.41) is 26.9. The Bertz CT molecular complexity index is 89.9. The summed E-state index contributed by atoms with van der Waals surface area (Å²) in [4.78, 5) is 0. The van der Waals surface area contributed by atoms with Gasteiger partial charge in [0.25, 0.3) is 0 Å². The van der Waals surface area contributed by atoms with E-state index in [9.17, 15) is 0 Å². The average Bonchev–Trinajstić information content (AvgIpc) is 2.06. The van der Waals surface area contributed by atoms with Crippen LogP contribution in [-0.4, -0.2) is 59.8 Å². The predicted octanol–water partition coefficient (Wildman–Crippen LogP) is 0.123. The van der Waals surface area contributed by atoms with Gasteiger partial charge >= 0.3 is 80.4 Å². The van der Waals surface area contributed by atoms with Crippen LogP contribution in [0.4, 0.5) is 0 Å². The van der Waals surface area contributed by atoms with Crippen molar-refractivity contribution in [2.75, 3.05) is 44.5 Å². The zero-order valence-electron chi connectivity index (χ0n) is 8.50. The second-order valence-electron chi connectivity index (χ2n) is 3.67. The van der Waals surface area contributed by atoms with Crippen molar-refractivity contribution in [2.45, 2.75) is 13.3 Å². The van der Waals surface area contributed by atoms with Crippen LogP contribution in [0.2, 0.25) is 0 Å². The minimum atomic E-state index is -1.55. The van der Waals surface area contributed by atoms with Crippen molar-refractivity contribution in [1.29, 1.82) is 0 Å². The predicted molar refractivity (Wildman–Crippen MR) is 59.3 cm³/mol. The maximum absolute atomic E-state index is 8.95. The first kappa shape index (κ1) is 13.3. The molecule has 0 spiro atoms. The Balaban J connectivity index is 4.19. The van der Waals surface area contributed by atoms with E-state index in [0.29, 0.717) is 0 Å². The van der Waals surface area contributed by atoms with Gasteiger partial charge in [-0.2, -0.15) is 0 Å². The van der Waals surface area contributed by atoms with E-state index < -0.39 is 7.26 Å². The Morgan fingerprint density at radius 3 is 1.38 bits per heavy atom. The third-order valence-electron chi connectivity index (χ3n) is 2.71. The first-order chi connectivity index (χ1) is 6.24. The van der Waals surface area contributed by atoms with Gasteiger partial charge in [-0.05, 0) is 0 Å². The maximum atomic E-state index is 8.95. The van der Waals surface area contributed by atoms with Crippen molar-refractivity contribution in [1.82, 2.24) is 0 Å². The van der Waals surface area contributed by atoms with Gasteiger partial charge in [0.05, 0.1) is 0 Å². The molecule has 13 heavy (non-hydrogen) atoms. The summed E-state index contributed by atoms with van der Waals surface area (Å²) < 4.78 is 0. The summed E-state index contributed by atoms with van der Waals surface area (Å²) >= 11 is 0. The summed E-state index contributed by atoms with van der Waals surface area (Å²) in [5.41, 5.74) is 0. The molecule has 82 valence electrons. The van der Waals surface area contributed by atoms with Crippen LogP contribution >= 0.6 is 7.26 Å². The van der Waals surface area contributed by atoms with Crippen molar-refractivity contribution in [2.24, 2.45) is 0 Å². The summed E-state index contributed by atoms with van der Waals surface area (Å²) in [6.45, 7) is 2.72.